The van der Waals surface area contributed by atoms with E-state index in [-0.39, 0.29) is 27.8 Å². The first-order valence-electron chi connectivity index (χ1n) is 6.77. The Morgan fingerprint density at radius 2 is 1.88 bits per heavy atom. The predicted octanol–water partition coefficient (Wildman–Crippen LogP) is 3.80. The lowest BCUT2D eigenvalue weighted by atomic mass is 10.1. The molecule has 0 bridgehead atoms. The van der Waals surface area contributed by atoms with Gasteiger partial charge in [-0.25, -0.2) is 4.79 Å². The molecule has 126 valence electrons. The van der Waals surface area contributed by atoms with Crippen LogP contribution in [0.15, 0.2) is 36.4 Å². The normalized spacial score (nSPS) is 11.6. The molecule has 0 radical (unpaired) electrons. The minimum Gasteiger partial charge on any atom is -0.508 e. The SMILES string of the molecule is CC(Oc1ccc(Cl)cc1Cl)C(=O)Nc1ccc(O)cc1C(=O)O. The molecule has 0 spiro atoms. The second kappa shape index (κ2) is 7.42. The van der Waals surface area contributed by atoms with Gasteiger partial charge >= 0.3 is 5.97 Å². The first-order chi connectivity index (χ1) is 11.3. The summed E-state index contributed by atoms with van der Waals surface area (Å²) in [5, 5.41) is 21.6. The lowest BCUT2D eigenvalue weighted by Gasteiger charge is -2.16. The Morgan fingerprint density at radius 1 is 1.17 bits per heavy atom. The zero-order valence-electron chi connectivity index (χ0n) is 12.4. The maximum atomic E-state index is 12.2. The molecule has 1 unspecified atom stereocenters. The summed E-state index contributed by atoms with van der Waals surface area (Å²) in [6.07, 6.45) is -0.945. The number of rotatable bonds is 5. The molecule has 1 atom stereocenters. The summed E-state index contributed by atoms with van der Waals surface area (Å²) in [5.41, 5.74) is -0.192. The smallest absolute Gasteiger partial charge is 0.337 e. The highest BCUT2D eigenvalue weighted by molar-refractivity contribution is 6.35. The lowest BCUT2D eigenvalue weighted by Crippen LogP contribution is -2.30. The van der Waals surface area contributed by atoms with Crippen molar-refractivity contribution >= 4 is 40.8 Å². The molecule has 0 heterocycles. The highest BCUT2D eigenvalue weighted by Crippen LogP contribution is 2.28. The number of hydrogen-bond donors (Lipinski definition) is 3. The van der Waals surface area contributed by atoms with Crippen LogP contribution in [0.3, 0.4) is 0 Å². The number of carboxylic acids is 1. The Morgan fingerprint density at radius 3 is 2.50 bits per heavy atom. The zero-order valence-corrected chi connectivity index (χ0v) is 13.9. The van der Waals surface area contributed by atoms with Gasteiger partial charge in [-0.1, -0.05) is 23.2 Å². The summed E-state index contributed by atoms with van der Waals surface area (Å²) in [7, 11) is 0. The van der Waals surface area contributed by atoms with Gasteiger partial charge < -0.3 is 20.3 Å². The van der Waals surface area contributed by atoms with Gasteiger partial charge in [-0.3, -0.25) is 4.79 Å². The summed E-state index contributed by atoms with van der Waals surface area (Å²) in [5.74, 6) is -1.81. The molecule has 0 aliphatic rings. The van der Waals surface area contributed by atoms with E-state index in [4.69, 9.17) is 33.0 Å². The zero-order chi connectivity index (χ0) is 17.9. The van der Waals surface area contributed by atoms with Crippen LogP contribution < -0.4 is 10.1 Å². The number of amides is 1. The molecule has 0 aliphatic heterocycles. The number of carboxylic acid groups (broad SMARTS) is 1. The number of aromatic carboxylic acids is 1. The van der Waals surface area contributed by atoms with E-state index < -0.39 is 18.0 Å². The number of carbonyl (C=O) groups excluding carboxylic acids is 1. The Kier molecular flexibility index (Phi) is 5.54. The fourth-order valence-corrected chi connectivity index (χ4v) is 2.32. The van der Waals surface area contributed by atoms with E-state index >= 15 is 0 Å². The van der Waals surface area contributed by atoms with Crippen molar-refractivity contribution < 1.29 is 24.5 Å². The van der Waals surface area contributed by atoms with Crippen LogP contribution in [0.4, 0.5) is 5.69 Å². The molecule has 0 fully saturated rings. The number of halogens is 2. The van der Waals surface area contributed by atoms with Crippen LogP contribution in [0.5, 0.6) is 11.5 Å². The van der Waals surface area contributed by atoms with Crippen LogP contribution in [-0.2, 0) is 4.79 Å². The number of aromatic hydroxyl groups is 1. The maximum Gasteiger partial charge on any atom is 0.337 e. The van der Waals surface area contributed by atoms with Crippen molar-refractivity contribution in [3.05, 3.63) is 52.0 Å². The van der Waals surface area contributed by atoms with Crippen LogP contribution in [0.1, 0.15) is 17.3 Å². The Balaban J connectivity index is 2.13. The number of phenols is 1. The molecular weight excluding hydrogens is 357 g/mol. The third kappa shape index (κ3) is 4.31. The van der Waals surface area contributed by atoms with E-state index in [1.54, 1.807) is 6.07 Å². The van der Waals surface area contributed by atoms with Crippen molar-refractivity contribution in [2.24, 2.45) is 0 Å². The number of phenolic OH excluding ortho intramolecular Hbond substituents is 1. The fourth-order valence-electron chi connectivity index (χ4n) is 1.87. The van der Waals surface area contributed by atoms with Crippen molar-refractivity contribution in [2.75, 3.05) is 5.32 Å². The molecular formula is C16H13Cl2NO5. The fraction of sp³-hybridized carbons (Fsp3) is 0.125. The minimum absolute atomic E-state index is 0.0444. The molecule has 0 aromatic heterocycles. The summed E-state index contributed by atoms with van der Waals surface area (Å²) < 4.78 is 5.46. The monoisotopic (exact) mass is 369 g/mol. The topological polar surface area (TPSA) is 95.9 Å². The summed E-state index contributed by atoms with van der Waals surface area (Å²) in [6, 6.07) is 8.17. The van der Waals surface area contributed by atoms with E-state index in [1.807, 2.05) is 0 Å². The maximum absolute atomic E-state index is 12.2. The number of nitrogens with one attached hydrogen (secondary N) is 1. The average molecular weight is 370 g/mol. The highest BCUT2D eigenvalue weighted by atomic mass is 35.5. The molecule has 1 amide bonds. The molecule has 2 rings (SSSR count). The second-order valence-corrected chi connectivity index (χ2v) is 5.70. The highest BCUT2D eigenvalue weighted by Gasteiger charge is 2.19. The largest absolute Gasteiger partial charge is 0.508 e. The number of benzene rings is 2. The number of anilines is 1. The summed E-state index contributed by atoms with van der Waals surface area (Å²) >= 11 is 11.8. The molecule has 2 aromatic carbocycles. The molecule has 2 aromatic rings. The summed E-state index contributed by atoms with van der Waals surface area (Å²) in [6.45, 7) is 1.49. The number of ether oxygens (including phenoxy) is 1. The summed E-state index contributed by atoms with van der Waals surface area (Å²) in [4.78, 5) is 23.4. The number of carbonyl (C=O) groups is 2. The van der Waals surface area contributed by atoms with Gasteiger partial charge in [-0.2, -0.15) is 0 Å². The molecule has 0 saturated heterocycles. The molecule has 8 heteroatoms. The van der Waals surface area contributed by atoms with Gasteiger partial charge in [0.2, 0.25) is 0 Å². The quantitative estimate of drug-likeness (QED) is 0.696. The third-order valence-electron chi connectivity index (χ3n) is 3.06. The predicted molar refractivity (Wildman–Crippen MR) is 90.2 cm³/mol. The van der Waals surface area contributed by atoms with E-state index in [0.29, 0.717) is 5.02 Å². The van der Waals surface area contributed by atoms with E-state index in [1.165, 1.54) is 31.2 Å². The van der Waals surface area contributed by atoms with Gasteiger partial charge in [0.15, 0.2) is 6.10 Å². The Bertz CT molecular complexity index is 794. The van der Waals surface area contributed by atoms with Gasteiger partial charge in [-0.05, 0) is 43.3 Å². The lowest BCUT2D eigenvalue weighted by molar-refractivity contribution is -0.122. The average Bonchev–Trinajstić information content (AvgIpc) is 2.51. The molecule has 24 heavy (non-hydrogen) atoms. The standard InChI is InChI=1S/C16H13Cl2NO5/c1-8(24-14-5-2-9(17)6-12(14)18)15(21)19-13-4-3-10(20)7-11(13)16(22)23/h2-8,20H,1H3,(H,19,21)(H,22,23). The van der Waals surface area contributed by atoms with E-state index in [0.717, 1.165) is 6.07 Å². The Labute approximate surface area is 147 Å². The van der Waals surface area contributed by atoms with E-state index in [9.17, 15) is 14.7 Å². The van der Waals surface area contributed by atoms with Crippen molar-refractivity contribution in [1.29, 1.82) is 0 Å². The first kappa shape index (κ1) is 17.9. The van der Waals surface area contributed by atoms with Crippen LogP contribution in [0.25, 0.3) is 0 Å². The van der Waals surface area contributed by atoms with Gasteiger partial charge in [0.05, 0.1) is 16.3 Å². The molecule has 6 nitrogen and oxygen atoms in total. The third-order valence-corrected chi connectivity index (χ3v) is 3.59. The van der Waals surface area contributed by atoms with Crippen LogP contribution in [-0.4, -0.2) is 28.2 Å². The van der Waals surface area contributed by atoms with Gasteiger partial charge in [0.1, 0.15) is 11.5 Å². The van der Waals surface area contributed by atoms with Gasteiger partial charge in [0, 0.05) is 5.02 Å². The molecule has 0 aliphatic carbocycles. The van der Waals surface area contributed by atoms with Crippen molar-refractivity contribution in [3.63, 3.8) is 0 Å². The van der Waals surface area contributed by atoms with E-state index in [2.05, 4.69) is 5.32 Å². The van der Waals surface area contributed by atoms with Gasteiger partial charge in [-0.15, -0.1) is 0 Å². The second-order valence-electron chi connectivity index (χ2n) is 4.86. The number of hydrogen-bond acceptors (Lipinski definition) is 4. The van der Waals surface area contributed by atoms with Crippen LogP contribution in [0.2, 0.25) is 10.0 Å². The van der Waals surface area contributed by atoms with Crippen molar-refractivity contribution in [1.82, 2.24) is 0 Å². The van der Waals surface area contributed by atoms with Crippen molar-refractivity contribution in [3.8, 4) is 11.5 Å². The molecule has 0 saturated carbocycles. The van der Waals surface area contributed by atoms with Crippen LogP contribution >= 0.6 is 23.2 Å². The Hall–Kier alpha value is -2.44. The first-order valence-corrected chi connectivity index (χ1v) is 7.52. The molecule has 3 N–H and O–H groups in total. The minimum atomic E-state index is -1.28. The van der Waals surface area contributed by atoms with Crippen molar-refractivity contribution in [2.45, 2.75) is 13.0 Å². The van der Waals surface area contributed by atoms with Gasteiger partial charge in [0.25, 0.3) is 5.91 Å². The van der Waals surface area contributed by atoms with Crippen LogP contribution in [0, 0.1) is 0 Å².